The summed E-state index contributed by atoms with van der Waals surface area (Å²) in [6.07, 6.45) is 0.886. The van der Waals surface area contributed by atoms with Crippen LogP contribution >= 0.6 is 0 Å². The highest BCUT2D eigenvalue weighted by molar-refractivity contribution is 7.89. The Kier molecular flexibility index (Phi) is 7.47. The summed E-state index contributed by atoms with van der Waals surface area (Å²) in [4.78, 5) is 12.7. The summed E-state index contributed by atoms with van der Waals surface area (Å²) in [5.74, 6) is 0.250. The Bertz CT molecular complexity index is 968. The topological polar surface area (TPSA) is 84.9 Å². The minimum absolute atomic E-state index is 0.127. The SMILES string of the molecule is CCOc1ccc(S(=O)(=O)N2CCOCC2)cc1NC(=O)CCc1ccc(C)cc1. The molecular formula is C22H28N2O5S. The van der Waals surface area contributed by atoms with Gasteiger partial charge in [0, 0.05) is 19.5 Å². The number of rotatable bonds is 8. The zero-order chi connectivity index (χ0) is 21.6. The molecule has 2 aromatic carbocycles. The molecule has 162 valence electrons. The maximum Gasteiger partial charge on any atom is 0.243 e. The molecule has 1 aliphatic heterocycles. The average molecular weight is 433 g/mol. The van der Waals surface area contributed by atoms with E-state index in [0.717, 1.165) is 5.56 Å². The molecule has 0 aliphatic carbocycles. The van der Waals surface area contributed by atoms with Crippen LogP contribution in [0.4, 0.5) is 5.69 Å². The average Bonchev–Trinajstić information content (AvgIpc) is 2.75. The fourth-order valence-electron chi connectivity index (χ4n) is 3.21. The number of anilines is 1. The highest BCUT2D eigenvalue weighted by atomic mass is 32.2. The van der Waals surface area contributed by atoms with Crippen molar-refractivity contribution in [1.29, 1.82) is 0 Å². The predicted octanol–water partition coefficient (Wildman–Crippen LogP) is 2.99. The molecule has 1 amide bonds. The quantitative estimate of drug-likeness (QED) is 0.693. The normalized spacial score (nSPS) is 15.0. The number of carbonyl (C=O) groups is 1. The van der Waals surface area contributed by atoms with E-state index in [1.54, 1.807) is 6.07 Å². The van der Waals surface area contributed by atoms with Gasteiger partial charge in [-0.05, 0) is 44.0 Å². The Labute approximate surface area is 178 Å². The zero-order valence-electron chi connectivity index (χ0n) is 17.4. The van der Waals surface area contributed by atoms with Crippen LogP contribution in [-0.2, 0) is 26.0 Å². The summed E-state index contributed by atoms with van der Waals surface area (Å²) in [6, 6.07) is 12.6. The van der Waals surface area contributed by atoms with Gasteiger partial charge in [-0.2, -0.15) is 4.31 Å². The van der Waals surface area contributed by atoms with Crippen molar-refractivity contribution in [3.8, 4) is 5.75 Å². The van der Waals surface area contributed by atoms with E-state index >= 15 is 0 Å². The number of benzene rings is 2. The summed E-state index contributed by atoms with van der Waals surface area (Å²) < 4.78 is 38.1. The van der Waals surface area contributed by atoms with Gasteiger partial charge in [0.1, 0.15) is 5.75 Å². The van der Waals surface area contributed by atoms with Gasteiger partial charge in [0.2, 0.25) is 15.9 Å². The molecule has 0 bridgehead atoms. The number of hydrogen-bond donors (Lipinski definition) is 1. The Morgan fingerprint density at radius 3 is 2.50 bits per heavy atom. The first-order chi connectivity index (χ1) is 14.4. The van der Waals surface area contributed by atoms with Gasteiger partial charge in [-0.25, -0.2) is 8.42 Å². The molecule has 0 unspecified atom stereocenters. The van der Waals surface area contributed by atoms with E-state index in [-0.39, 0.29) is 17.2 Å². The molecule has 30 heavy (non-hydrogen) atoms. The number of nitrogens with one attached hydrogen (secondary N) is 1. The number of ether oxygens (including phenoxy) is 2. The fraction of sp³-hybridized carbons (Fsp3) is 0.409. The van der Waals surface area contributed by atoms with E-state index in [2.05, 4.69) is 5.32 Å². The number of aryl methyl sites for hydroxylation is 2. The lowest BCUT2D eigenvalue weighted by Gasteiger charge is -2.26. The van der Waals surface area contributed by atoms with Gasteiger partial charge >= 0.3 is 0 Å². The summed E-state index contributed by atoms with van der Waals surface area (Å²) in [5.41, 5.74) is 2.60. The maximum atomic E-state index is 12.9. The summed E-state index contributed by atoms with van der Waals surface area (Å²) >= 11 is 0. The smallest absolute Gasteiger partial charge is 0.243 e. The number of carbonyl (C=O) groups excluding carboxylic acids is 1. The van der Waals surface area contributed by atoms with Gasteiger partial charge in [-0.15, -0.1) is 0 Å². The fourth-order valence-corrected chi connectivity index (χ4v) is 4.64. The van der Waals surface area contributed by atoms with Crippen LogP contribution in [0.5, 0.6) is 5.75 Å². The van der Waals surface area contributed by atoms with Crippen molar-refractivity contribution in [3.63, 3.8) is 0 Å². The molecule has 1 saturated heterocycles. The van der Waals surface area contributed by atoms with Crippen LogP contribution in [0, 0.1) is 6.92 Å². The van der Waals surface area contributed by atoms with Crippen molar-refractivity contribution >= 4 is 21.6 Å². The van der Waals surface area contributed by atoms with E-state index in [4.69, 9.17) is 9.47 Å². The number of hydrogen-bond acceptors (Lipinski definition) is 5. The lowest BCUT2D eigenvalue weighted by atomic mass is 10.1. The Morgan fingerprint density at radius 2 is 1.83 bits per heavy atom. The number of nitrogens with zero attached hydrogens (tertiary/aromatic N) is 1. The van der Waals surface area contributed by atoms with Crippen molar-refractivity contribution in [2.75, 3.05) is 38.2 Å². The molecule has 0 spiro atoms. The molecule has 1 aliphatic rings. The van der Waals surface area contributed by atoms with Crippen molar-refractivity contribution < 1.29 is 22.7 Å². The second-order valence-electron chi connectivity index (χ2n) is 7.14. The predicted molar refractivity (Wildman–Crippen MR) is 115 cm³/mol. The van der Waals surface area contributed by atoms with E-state index in [9.17, 15) is 13.2 Å². The molecule has 0 aromatic heterocycles. The minimum atomic E-state index is -3.66. The number of amides is 1. The first-order valence-electron chi connectivity index (χ1n) is 10.1. The first kappa shape index (κ1) is 22.3. The van der Waals surface area contributed by atoms with Gasteiger partial charge < -0.3 is 14.8 Å². The molecule has 0 saturated carbocycles. The second-order valence-corrected chi connectivity index (χ2v) is 9.08. The van der Waals surface area contributed by atoms with Crippen LogP contribution in [0.2, 0.25) is 0 Å². The van der Waals surface area contributed by atoms with Crippen LogP contribution in [0.25, 0.3) is 0 Å². The van der Waals surface area contributed by atoms with Gasteiger partial charge in [0.05, 0.1) is 30.4 Å². The molecular weight excluding hydrogens is 404 g/mol. The molecule has 0 radical (unpaired) electrons. The summed E-state index contributed by atoms with van der Waals surface area (Å²) in [5, 5.41) is 2.82. The largest absolute Gasteiger partial charge is 0.492 e. The third kappa shape index (κ3) is 5.59. The zero-order valence-corrected chi connectivity index (χ0v) is 18.2. The maximum absolute atomic E-state index is 12.9. The molecule has 7 nitrogen and oxygen atoms in total. The summed E-state index contributed by atoms with van der Waals surface area (Å²) in [7, 11) is -3.66. The Morgan fingerprint density at radius 1 is 1.13 bits per heavy atom. The number of morpholine rings is 1. The van der Waals surface area contributed by atoms with E-state index in [0.29, 0.717) is 50.8 Å². The Balaban J connectivity index is 1.75. The highest BCUT2D eigenvalue weighted by Gasteiger charge is 2.27. The third-order valence-corrected chi connectivity index (χ3v) is 6.79. The van der Waals surface area contributed by atoms with Crippen LogP contribution in [0.3, 0.4) is 0 Å². The monoisotopic (exact) mass is 432 g/mol. The third-order valence-electron chi connectivity index (χ3n) is 4.89. The second kappa shape index (κ2) is 10.1. The molecule has 2 aromatic rings. The summed E-state index contributed by atoms with van der Waals surface area (Å²) in [6.45, 7) is 5.63. The van der Waals surface area contributed by atoms with E-state index in [1.165, 1.54) is 22.0 Å². The molecule has 8 heteroatoms. The molecule has 1 N–H and O–H groups in total. The highest BCUT2D eigenvalue weighted by Crippen LogP contribution is 2.30. The van der Waals surface area contributed by atoms with Gasteiger partial charge in [-0.3, -0.25) is 4.79 Å². The van der Waals surface area contributed by atoms with Crippen LogP contribution in [0.15, 0.2) is 47.4 Å². The van der Waals surface area contributed by atoms with Crippen LogP contribution in [0.1, 0.15) is 24.5 Å². The molecule has 0 atom stereocenters. The lowest BCUT2D eigenvalue weighted by molar-refractivity contribution is -0.116. The Hall–Kier alpha value is -2.42. The first-order valence-corrected chi connectivity index (χ1v) is 11.5. The number of sulfonamides is 1. The van der Waals surface area contributed by atoms with Crippen molar-refractivity contribution in [3.05, 3.63) is 53.6 Å². The lowest BCUT2D eigenvalue weighted by Crippen LogP contribution is -2.40. The van der Waals surface area contributed by atoms with E-state index in [1.807, 2.05) is 38.1 Å². The van der Waals surface area contributed by atoms with Crippen molar-refractivity contribution in [2.45, 2.75) is 31.6 Å². The molecule has 1 heterocycles. The molecule has 1 fully saturated rings. The van der Waals surface area contributed by atoms with Gasteiger partial charge in [-0.1, -0.05) is 29.8 Å². The van der Waals surface area contributed by atoms with Crippen LogP contribution in [-0.4, -0.2) is 51.5 Å². The standard InChI is InChI=1S/C22H28N2O5S/c1-3-29-21-10-9-19(30(26,27)24-12-14-28-15-13-24)16-20(21)23-22(25)11-8-18-6-4-17(2)5-7-18/h4-7,9-10,16H,3,8,11-15H2,1-2H3,(H,23,25). The van der Waals surface area contributed by atoms with Gasteiger partial charge in [0.25, 0.3) is 0 Å². The molecule has 3 rings (SSSR count). The van der Waals surface area contributed by atoms with Crippen molar-refractivity contribution in [1.82, 2.24) is 4.31 Å². The van der Waals surface area contributed by atoms with E-state index < -0.39 is 10.0 Å². The van der Waals surface area contributed by atoms with Crippen LogP contribution < -0.4 is 10.1 Å². The minimum Gasteiger partial charge on any atom is -0.492 e. The van der Waals surface area contributed by atoms with Crippen molar-refractivity contribution in [2.24, 2.45) is 0 Å². The van der Waals surface area contributed by atoms with Gasteiger partial charge in [0.15, 0.2) is 0 Å².